The second kappa shape index (κ2) is 5.81. The summed E-state index contributed by atoms with van der Waals surface area (Å²) in [5.74, 6) is 0.959. The second-order valence-corrected chi connectivity index (χ2v) is 5.56. The lowest BCUT2D eigenvalue weighted by Crippen LogP contribution is -2.33. The van der Waals surface area contributed by atoms with Crippen LogP contribution in [0.25, 0.3) is 5.57 Å². The van der Waals surface area contributed by atoms with E-state index in [0.29, 0.717) is 12.6 Å². The van der Waals surface area contributed by atoms with E-state index in [9.17, 15) is 5.11 Å². The number of hydrogen-bond acceptors (Lipinski definition) is 3. The second-order valence-electron chi connectivity index (χ2n) is 5.56. The van der Waals surface area contributed by atoms with Gasteiger partial charge in [0, 0.05) is 23.7 Å². The van der Waals surface area contributed by atoms with Crippen molar-refractivity contribution in [3.8, 4) is 5.75 Å². The summed E-state index contributed by atoms with van der Waals surface area (Å²) in [7, 11) is 0. The Morgan fingerprint density at radius 2 is 2.30 bits per heavy atom. The molecule has 1 N–H and O–H groups in total. The van der Waals surface area contributed by atoms with Gasteiger partial charge in [-0.15, -0.1) is 0 Å². The van der Waals surface area contributed by atoms with Crippen molar-refractivity contribution in [2.24, 2.45) is 0 Å². The summed E-state index contributed by atoms with van der Waals surface area (Å²) < 4.78 is 5.66. The van der Waals surface area contributed by atoms with E-state index in [2.05, 4.69) is 23.6 Å². The normalized spacial score (nSPS) is 23.9. The van der Waals surface area contributed by atoms with Crippen molar-refractivity contribution in [3.05, 3.63) is 48.1 Å². The standard InChI is InChI=1S/C17H21NO2/c1-13(10-18-8-4-5-15(18)11-19)9-14-12-20-17-7-3-2-6-16(14)17/h2-3,6-7,9,15,19H,1,4-5,8,10-12H2/b14-9-/t15-/m0/s1. The number of nitrogens with zero attached hydrogens (tertiary/aromatic N) is 1. The number of hydrogen-bond donors (Lipinski definition) is 1. The number of likely N-dealkylation sites (tertiary alicyclic amines) is 1. The van der Waals surface area contributed by atoms with E-state index in [4.69, 9.17) is 4.74 Å². The number of aliphatic hydroxyl groups is 1. The first kappa shape index (κ1) is 13.4. The molecule has 1 aromatic rings. The summed E-state index contributed by atoms with van der Waals surface area (Å²) in [6, 6.07) is 8.42. The summed E-state index contributed by atoms with van der Waals surface area (Å²) in [5.41, 5.74) is 3.46. The fourth-order valence-electron chi connectivity index (χ4n) is 3.07. The molecule has 2 heterocycles. The maximum Gasteiger partial charge on any atom is 0.127 e. The molecule has 1 aromatic carbocycles. The summed E-state index contributed by atoms with van der Waals surface area (Å²) in [4.78, 5) is 2.32. The van der Waals surface area contributed by atoms with Crippen LogP contribution >= 0.6 is 0 Å². The van der Waals surface area contributed by atoms with Crippen LogP contribution in [0.5, 0.6) is 5.75 Å². The summed E-state index contributed by atoms with van der Waals surface area (Å²) in [6.07, 6.45) is 4.39. The molecule has 106 valence electrons. The van der Waals surface area contributed by atoms with Gasteiger partial charge in [0.25, 0.3) is 0 Å². The Bertz CT molecular complexity index is 536. The lowest BCUT2D eigenvalue weighted by atomic mass is 10.0. The van der Waals surface area contributed by atoms with Crippen LogP contribution < -0.4 is 4.74 Å². The molecule has 0 amide bonds. The third kappa shape index (κ3) is 2.65. The number of benzene rings is 1. The molecule has 2 aliphatic rings. The van der Waals surface area contributed by atoms with Crippen molar-refractivity contribution < 1.29 is 9.84 Å². The molecule has 0 radical (unpaired) electrons. The van der Waals surface area contributed by atoms with Gasteiger partial charge in [-0.05, 0) is 31.0 Å². The van der Waals surface area contributed by atoms with Crippen LogP contribution in [0.15, 0.2) is 42.5 Å². The molecular weight excluding hydrogens is 250 g/mol. The third-order valence-corrected chi connectivity index (χ3v) is 4.11. The molecule has 0 saturated carbocycles. The van der Waals surface area contributed by atoms with E-state index < -0.39 is 0 Å². The van der Waals surface area contributed by atoms with Gasteiger partial charge >= 0.3 is 0 Å². The highest BCUT2D eigenvalue weighted by atomic mass is 16.5. The highest BCUT2D eigenvalue weighted by molar-refractivity contribution is 5.76. The van der Waals surface area contributed by atoms with Gasteiger partial charge in [-0.3, -0.25) is 4.90 Å². The molecule has 0 bridgehead atoms. The molecule has 1 saturated heterocycles. The molecule has 0 unspecified atom stereocenters. The molecule has 1 fully saturated rings. The SMILES string of the molecule is C=C(/C=C1/COc2ccccc21)CN1CCC[C@H]1CO. The van der Waals surface area contributed by atoms with E-state index in [1.807, 2.05) is 18.2 Å². The Kier molecular flexibility index (Phi) is 3.90. The van der Waals surface area contributed by atoms with Crippen LogP contribution in [0.1, 0.15) is 18.4 Å². The van der Waals surface area contributed by atoms with Gasteiger partial charge in [0.1, 0.15) is 12.4 Å². The van der Waals surface area contributed by atoms with Crippen LogP contribution in [0.4, 0.5) is 0 Å². The molecule has 3 heteroatoms. The molecule has 2 aliphatic heterocycles. The molecule has 3 nitrogen and oxygen atoms in total. The molecule has 0 spiro atoms. The van der Waals surface area contributed by atoms with Crippen molar-refractivity contribution in [1.29, 1.82) is 0 Å². The minimum Gasteiger partial charge on any atom is -0.488 e. The van der Waals surface area contributed by atoms with Gasteiger partial charge in [-0.2, -0.15) is 0 Å². The van der Waals surface area contributed by atoms with Gasteiger partial charge < -0.3 is 9.84 Å². The monoisotopic (exact) mass is 271 g/mol. The predicted molar refractivity (Wildman–Crippen MR) is 80.7 cm³/mol. The smallest absolute Gasteiger partial charge is 0.127 e. The number of aliphatic hydroxyl groups excluding tert-OH is 1. The summed E-state index contributed by atoms with van der Waals surface area (Å²) >= 11 is 0. The van der Waals surface area contributed by atoms with E-state index in [-0.39, 0.29) is 6.61 Å². The Labute approximate surface area is 120 Å². The van der Waals surface area contributed by atoms with Crippen molar-refractivity contribution in [2.45, 2.75) is 18.9 Å². The van der Waals surface area contributed by atoms with Crippen LogP contribution in [-0.2, 0) is 0 Å². The molecular formula is C17H21NO2. The highest BCUT2D eigenvalue weighted by Crippen LogP contribution is 2.33. The summed E-state index contributed by atoms with van der Waals surface area (Å²) in [5, 5.41) is 9.36. The average Bonchev–Trinajstić information content (AvgIpc) is 3.06. The van der Waals surface area contributed by atoms with Gasteiger partial charge in [0.15, 0.2) is 0 Å². The van der Waals surface area contributed by atoms with Gasteiger partial charge in [-0.1, -0.05) is 30.9 Å². The predicted octanol–water partition coefficient (Wildman–Crippen LogP) is 2.48. The van der Waals surface area contributed by atoms with Crippen molar-refractivity contribution in [1.82, 2.24) is 4.90 Å². The van der Waals surface area contributed by atoms with Crippen molar-refractivity contribution in [3.63, 3.8) is 0 Å². The van der Waals surface area contributed by atoms with E-state index >= 15 is 0 Å². The fourth-order valence-corrected chi connectivity index (χ4v) is 3.07. The maximum absolute atomic E-state index is 9.36. The van der Waals surface area contributed by atoms with Crippen molar-refractivity contribution >= 4 is 5.57 Å². The van der Waals surface area contributed by atoms with Crippen molar-refractivity contribution in [2.75, 3.05) is 26.3 Å². The highest BCUT2D eigenvalue weighted by Gasteiger charge is 2.24. The van der Waals surface area contributed by atoms with Crippen LogP contribution in [0, 0.1) is 0 Å². The van der Waals surface area contributed by atoms with E-state index in [1.165, 1.54) is 17.6 Å². The zero-order valence-corrected chi connectivity index (χ0v) is 11.7. The zero-order chi connectivity index (χ0) is 13.9. The number of ether oxygens (including phenoxy) is 1. The quantitative estimate of drug-likeness (QED) is 0.913. The van der Waals surface area contributed by atoms with E-state index in [1.54, 1.807) is 0 Å². The number of rotatable bonds is 4. The Balaban J connectivity index is 1.69. The lowest BCUT2D eigenvalue weighted by molar-refractivity contribution is 0.168. The van der Waals surface area contributed by atoms with Crippen LogP contribution in [0.3, 0.4) is 0 Å². The topological polar surface area (TPSA) is 32.7 Å². The first-order chi connectivity index (χ1) is 9.78. The first-order valence-corrected chi connectivity index (χ1v) is 7.23. The van der Waals surface area contributed by atoms with Crippen LogP contribution in [0.2, 0.25) is 0 Å². The Morgan fingerprint density at radius 3 is 3.15 bits per heavy atom. The Hall–Kier alpha value is -1.58. The number of para-hydroxylation sites is 1. The minimum atomic E-state index is 0.246. The Morgan fingerprint density at radius 1 is 1.45 bits per heavy atom. The minimum absolute atomic E-state index is 0.246. The first-order valence-electron chi connectivity index (χ1n) is 7.23. The molecule has 20 heavy (non-hydrogen) atoms. The molecule has 0 aromatic heterocycles. The number of fused-ring (bicyclic) bond motifs is 1. The van der Waals surface area contributed by atoms with Crippen LogP contribution in [-0.4, -0.2) is 42.4 Å². The van der Waals surface area contributed by atoms with Gasteiger partial charge in [-0.25, -0.2) is 0 Å². The third-order valence-electron chi connectivity index (χ3n) is 4.11. The molecule has 0 aliphatic carbocycles. The van der Waals surface area contributed by atoms with E-state index in [0.717, 1.165) is 30.8 Å². The average molecular weight is 271 g/mol. The van der Waals surface area contributed by atoms with Gasteiger partial charge in [0.2, 0.25) is 0 Å². The summed E-state index contributed by atoms with van der Waals surface area (Å²) in [6.45, 7) is 6.93. The largest absolute Gasteiger partial charge is 0.488 e. The van der Waals surface area contributed by atoms with Gasteiger partial charge in [0.05, 0.1) is 6.61 Å². The fraction of sp³-hybridized carbons (Fsp3) is 0.412. The zero-order valence-electron chi connectivity index (χ0n) is 11.7. The molecule has 3 rings (SSSR count). The maximum atomic E-state index is 9.36. The molecule has 1 atom stereocenters. The lowest BCUT2D eigenvalue weighted by Gasteiger charge is -2.22.